The molecular formula is C13H16ClNO4. The van der Waals surface area contributed by atoms with Crippen molar-refractivity contribution in [3.05, 3.63) is 28.8 Å². The van der Waals surface area contributed by atoms with Crippen LogP contribution in [0.15, 0.2) is 18.2 Å². The van der Waals surface area contributed by atoms with E-state index in [1.807, 2.05) is 0 Å². The molecule has 6 heteroatoms. The highest BCUT2D eigenvalue weighted by atomic mass is 35.5. The summed E-state index contributed by atoms with van der Waals surface area (Å²) in [6, 6.07) is 5.05. The second-order valence-electron chi connectivity index (χ2n) is 4.58. The van der Waals surface area contributed by atoms with Crippen LogP contribution < -0.4 is 10.1 Å². The maximum absolute atomic E-state index is 11.9. The van der Waals surface area contributed by atoms with Crippen molar-refractivity contribution in [1.82, 2.24) is 5.32 Å². The Hall–Kier alpha value is -1.75. The number of benzene rings is 1. The van der Waals surface area contributed by atoms with Gasteiger partial charge in [-0.05, 0) is 26.0 Å². The summed E-state index contributed by atoms with van der Waals surface area (Å²) in [4.78, 5) is 22.8. The third-order valence-electron chi connectivity index (χ3n) is 2.62. The number of amides is 1. The van der Waals surface area contributed by atoms with Crippen molar-refractivity contribution in [2.45, 2.75) is 25.8 Å². The summed E-state index contributed by atoms with van der Waals surface area (Å²) < 4.78 is 5.12. The Bertz CT molecular complexity index is 499. The molecule has 104 valence electrons. The molecule has 1 aromatic carbocycles. The minimum absolute atomic E-state index is 0.0421. The van der Waals surface area contributed by atoms with Crippen molar-refractivity contribution in [3.8, 4) is 5.75 Å². The summed E-state index contributed by atoms with van der Waals surface area (Å²) in [6.45, 7) is 2.83. The molecule has 0 aliphatic carbocycles. The molecule has 1 rings (SSSR count). The standard InChI is InChI=1S/C13H16ClNO4/c1-13(2,12(17)18)15-11(16)7-8-9(14)5-4-6-10(8)19-3/h4-6H,7H2,1-3H3,(H,15,16)(H,17,18). The lowest BCUT2D eigenvalue weighted by molar-refractivity contribution is -0.145. The molecule has 0 spiro atoms. The maximum atomic E-state index is 11.9. The molecule has 0 bridgehead atoms. The Kier molecular flexibility index (Phi) is 4.78. The quantitative estimate of drug-likeness (QED) is 0.866. The van der Waals surface area contributed by atoms with Gasteiger partial charge in [0.05, 0.1) is 13.5 Å². The van der Waals surface area contributed by atoms with Gasteiger partial charge in [0.15, 0.2) is 0 Å². The summed E-state index contributed by atoms with van der Waals surface area (Å²) >= 11 is 6.01. The second kappa shape index (κ2) is 5.93. The Morgan fingerprint density at radius 3 is 2.58 bits per heavy atom. The summed E-state index contributed by atoms with van der Waals surface area (Å²) in [5.41, 5.74) is -0.795. The molecule has 0 radical (unpaired) electrons. The summed E-state index contributed by atoms with van der Waals surface area (Å²) in [5, 5.41) is 11.8. The number of hydrogen-bond donors (Lipinski definition) is 2. The lowest BCUT2D eigenvalue weighted by atomic mass is 10.0. The van der Waals surface area contributed by atoms with Gasteiger partial charge in [0, 0.05) is 10.6 Å². The van der Waals surface area contributed by atoms with Crippen LogP contribution in [-0.2, 0) is 16.0 Å². The fraction of sp³-hybridized carbons (Fsp3) is 0.385. The molecule has 0 fully saturated rings. The normalized spacial score (nSPS) is 10.9. The van der Waals surface area contributed by atoms with E-state index in [1.165, 1.54) is 21.0 Å². The minimum Gasteiger partial charge on any atom is -0.496 e. The van der Waals surface area contributed by atoms with Crippen LogP contribution in [0.5, 0.6) is 5.75 Å². The van der Waals surface area contributed by atoms with Crippen LogP contribution in [0.4, 0.5) is 0 Å². The third kappa shape index (κ3) is 3.86. The highest BCUT2D eigenvalue weighted by Crippen LogP contribution is 2.26. The molecule has 0 heterocycles. The van der Waals surface area contributed by atoms with Gasteiger partial charge in [-0.1, -0.05) is 17.7 Å². The van der Waals surface area contributed by atoms with Crippen LogP contribution in [0.3, 0.4) is 0 Å². The average Bonchev–Trinajstić information content (AvgIpc) is 2.30. The largest absolute Gasteiger partial charge is 0.496 e. The minimum atomic E-state index is -1.33. The molecule has 0 aliphatic heterocycles. The molecular weight excluding hydrogens is 270 g/mol. The number of nitrogens with one attached hydrogen (secondary N) is 1. The Morgan fingerprint density at radius 2 is 2.05 bits per heavy atom. The van der Waals surface area contributed by atoms with Gasteiger partial charge in [-0.3, -0.25) is 4.79 Å². The molecule has 5 nitrogen and oxygen atoms in total. The lowest BCUT2D eigenvalue weighted by Crippen LogP contribution is -2.50. The van der Waals surface area contributed by atoms with Gasteiger partial charge in [0.25, 0.3) is 0 Å². The summed E-state index contributed by atoms with van der Waals surface area (Å²) in [5.74, 6) is -1.04. The Morgan fingerprint density at radius 1 is 1.42 bits per heavy atom. The first kappa shape index (κ1) is 15.3. The van der Waals surface area contributed by atoms with Gasteiger partial charge in [-0.15, -0.1) is 0 Å². The van der Waals surface area contributed by atoms with Crippen molar-refractivity contribution in [2.75, 3.05) is 7.11 Å². The van der Waals surface area contributed by atoms with E-state index in [-0.39, 0.29) is 6.42 Å². The van der Waals surface area contributed by atoms with Crippen LogP contribution in [0, 0.1) is 0 Å². The molecule has 0 atom stereocenters. The van der Waals surface area contributed by atoms with Crippen molar-refractivity contribution in [3.63, 3.8) is 0 Å². The average molecular weight is 286 g/mol. The van der Waals surface area contributed by atoms with E-state index in [2.05, 4.69) is 5.32 Å². The number of methoxy groups -OCH3 is 1. The maximum Gasteiger partial charge on any atom is 0.328 e. The van der Waals surface area contributed by atoms with E-state index < -0.39 is 17.4 Å². The molecule has 2 N–H and O–H groups in total. The summed E-state index contributed by atoms with van der Waals surface area (Å²) in [6.07, 6.45) is -0.0421. The van der Waals surface area contributed by atoms with Gasteiger partial charge < -0.3 is 15.2 Å². The van der Waals surface area contributed by atoms with Gasteiger partial charge in [0.1, 0.15) is 11.3 Å². The fourth-order valence-corrected chi connectivity index (χ4v) is 1.74. The van der Waals surface area contributed by atoms with Gasteiger partial charge in [-0.2, -0.15) is 0 Å². The van der Waals surface area contributed by atoms with Crippen molar-refractivity contribution >= 4 is 23.5 Å². The number of carboxylic acid groups (broad SMARTS) is 1. The topological polar surface area (TPSA) is 75.6 Å². The predicted octanol–water partition coefficient (Wildman–Crippen LogP) is 1.87. The molecule has 0 unspecified atom stereocenters. The number of rotatable bonds is 5. The zero-order chi connectivity index (χ0) is 14.6. The van der Waals surface area contributed by atoms with Crippen LogP contribution in [0.2, 0.25) is 5.02 Å². The Labute approximate surface area is 116 Å². The van der Waals surface area contributed by atoms with E-state index in [0.717, 1.165) is 0 Å². The smallest absolute Gasteiger partial charge is 0.328 e. The van der Waals surface area contributed by atoms with Crippen LogP contribution >= 0.6 is 11.6 Å². The fourth-order valence-electron chi connectivity index (χ4n) is 1.51. The third-order valence-corrected chi connectivity index (χ3v) is 2.97. The molecule has 0 saturated heterocycles. The molecule has 0 aliphatic rings. The number of ether oxygens (including phenoxy) is 1. The van der Waals surface area contributed by atoms with Crippen LogP contribution in [0.1, 0.15) is 19.4 Å². The SMILES string of the molecule is COc1cccc(Cl)c1CC(=O)NC(C)(C)C(=O)O. The van der Waals surface area contributed by atoms with Gasteiger partial charge in [-0.25, -0.2) is 4.79 Å². The molecule has 0 saturated carbocycles. The highest BCUT2D eigenvalue weighted by molar-refractivity contribution is 6.31. The lowest BCUT2D eigenvalue weighted by Gasteiger charge is -2.21. The van der Waals surface area contributed by atoms with Crippen molar-refractivity contribution in [1.29, 1.82) is 0 Å². The number of hydrogen-bond acceptors (Lipinski definition) is 3. The number of aliphatic carboxylic acids is 1. The van der Waals surface area contributed by atoms with Gasteiger partial charge in [0.2, 0.25) is 5.91 Å². The van der Waals surface area contributed by atoms with E-state index in [9.17, 15) is 9.59 Å². The second-order valence-corrected chi connectivity index (χ2v) is 4.98. The predicted molar refractivity (Wildman–Crippen MR) is 71.6 cm³/mol. The van der Waals surface area contributed by atoms with Crippen LogP contribution in [0.25, 0.3) is 0 Å². The van der Waals surface area contributed by atoms with E-state index in [0.29, 0.717) is 16.3 Å². The van der Waals surface area contributed by atoms with E-state index in [4.69, 9.17) is 21.4 Å². The van der Waals surface area contributed by atoms with Crippen LogP contribution in [-0.4, -0.2) is 29.6 Å². The Balaban J connectivity index is 2.86. The number of carboxylic acids is 1. The van der Waals surface area contributed by atoms with Crippen molar-refractivity contribution in [2.24, 2.45) is 0 Å². The first-order valence-electron chi connectivity index (χ1n) is 5.63. The van der Waals surface area contributed by atoms with E-state index >= 15 is 0 Å². The summed E-state index contributed by atoms with van der Waals surface area (Å²) in [7, 11) is 1.48. The number of carbonyl (C=O) groups excluding carboxylic acids is 1. The molecule has 19 heavy (non-hydrogen) atoms. The first-order chi connectivity index (χ1) is 8.77. The molecule has 1 amide bonds. The first-order valence-corrected chi connectivity index (χ1v) is 6.01. The number of halogens is 1. The number of carbonyl (C=O) groups is 2. The molecule has 1 aromatic rings. The van der Waals surface area contributed by atoms with E-state index in [1.54, 1.807) is 18.2 Å². The molecule has 0 aromatic heterocycles. The zero-order valence-electron chi connectivity index (χ0n) is 11.0. The monoisotopic (exact) mass is 285 g/mol. The van der Waals surface area contributed by atoms with Gasteiger partial charge >= 0.3 is 5.97 Å². The van der Waals surface area contributed by atoms with Crippen molar-refractivity contribution < 1.29 is 19.4 Å². The highest BCUT2D eigenvalue weighted by Gasteiger charge is 2.29. The zero-order valence-corrected chi connectivity index (χ0v) is 11.7.